The molecule has 0 radical (unpaired) electrons. The van der Waals surface area contributed by atoms with Crippen LogP contribution in [-0.4, -0.2) is 41.1 Å². The van der Waals surface area contributed by atoms with E-state index in [0.717, 1.165) is 27.8 Å². The van der Waals surface area contributed by atoms with Crippen LogP contribution in [0.25, 0.3) is 9.53 Å². The summed E-state index contributed by atoms with van der Waals surface area (Å²) in [7, 11) is 0. The second kappa shape index (κ2) is 6.84. The monoisotopic (exact) mass is 353 g/mol. The van der Waals surface area contributed by atoms with Crippen LogP contribution in [0.2, 0.25) is 0 Å². The first-order chi connectivity index (χ1) is 11.1. The number of thiazole rings is 1. The first-order valence-corrected chi connectivity index (χ1v) is 9.40. The highest BCUT2D eigenvalue weighted by molar-refractivity contribution is 7.29. The van der Waals surface area contributed by atoms with E-state index in [-0.39, 0.29) is 5.91 Å². The SMILES string of the molecule is CCCC(NC(=O)c1cc2sc(N3CCCC3)nc2s1)C(=O)O. The number of thiophene rings is 1. The molecule has 1 atom stereocenters. The molecular weight excluding hydrogens is 334 g/mol. The van der Waals surface area contributed by atoms with E-state index in [9.17, 15) is 9.59 Å². The molecule has 6 nitrogen and oxygen atoms in total. The summed E-state index contributed by atoms with van der Waals surface area (Å²) in [6.07, 6.45) is 3.54. The van der Waals surface area contributed by atoms with Crippen molar-refractivity contribution in [2.75, 3.05) is 18.0 Å². The highest BCUT2D eigenvalue weighted by Crippen LogP contribution is 2.35. The highest BCUT2D eigenvalue weighted by Gasteiger charge is 2.23. The van der Waals surface area contributed by atoms with Crippen molar-refractivity contribution in [3.05, 3.63) is 10.9 Å². The average molecular weight is 353 g/mol. The van der Waals surface area contributed by atoms with Gasteiger partial charge in [-0.1, -0.05) is 24.7 Å². The lowest BCUT2D eigenvalue weighted by Crippen LogP contribution is -2.40. The van der Waals surface area contributed by atoms with Gasteiger partial charge in [-0.25, -0.2) is 9.78 Å². The molecule has 0 spiro atoms. The van der Waals surface area contributed by atoms with Gasteiger partial charge in [0.2, 0.25) is 0 Å². The number of nitrogens with zero attached hydrogens (tertiary/aromatic N) is 2. The van der Waals surface area contributed by atoms with E-state index < -0.39 is 12.0 Å². The minimum atomic E-state index is -0.993. The van der Waals surface area contributed by atoms with E-state index in [1.54, 1.807) is 11.3 Å². The second-order valence-corrected chi connectivity index (χ2v) is 7.66. The van der Waals surface area contributed by atoms with Crippen LogP contribution in [0.1, 0.15) is 42.3 Å². The Morgan fingerprint density at radius 2 is 2.13 bits per heavy atom. The molecule has 2 aromatic heterocycles. The Morgan fingerprint density at radius 3 is 2.74 bits per heavy atom. The van der Waals surface area contributed by atoms with Gasteiger partial charge in [-0.2, -0.15) is 0 Å². The number of carbonyl (C=O) groups is 2. The number of carbonyl (C=O) groups excluding carboxylic acids is 1. The van der Waals surface area contributed by atoms with Crippen LogP contribution < -0.4 is 10.2 Å². The zero-order valence-corrected chi connectivity index (χ0v) is 14.5. The third-order valence-corrected chi connectivity index (χ3v) is 6.08. The van der Waals surface area contributed by atoms with Gasteiger partial charge in [0.15, 0.2) is 5.13 Å². The first kappa shape index (κ1) is 16.2. The topological polar surface area (TPSA) is 82.5 Å². The molecule has 1 aliphatic rings. The quantitative estimate of drug-likeness (QED) is 0.834. The van der Waals surface area contributed by atoms with Gasteiger partial charge in [-0.3, -0.25) is 4.79 Å². The van der Waals surface area contributed by atoms with E-state index >= 15 is 0 Å². The van der Waals surface area contributed by atoms with Crippen LogP contribution in [0, 0.1) is 0 Å². The van der Waals surface area contributed by atoms with Crippen molar-refractivity contribution < 1.29 is 14.7 Å². The number of aromatic nitrogens is 1. The van der Waals surface area contributed by atoms with E-state index in [0.29, 0.717) is 17.7 Å². The smallest absolute Gasteiger partial charge is 0.326 e. The molecule has 1 aliphatic heterocycles. The molecule has 1 amide bonds. The molecule has 3 heterocycles. The van der Waals surface area contributed by atoms with Crippen molar-refractivity contribution >= 4 is 49.2 Å². The lowest BCUT2D eigenvalue weighted by Gasteiger charge is -2.12. The summed E-state index contributed by atoms with van der Waals surface area (Å²) in [5, 5.41) is 12.7. The molecule has 8 heteroatoms. The number of nitrogens with one attached hydrogen (secondary N) is 1. The molecule has 0 aliphatic carbocycles. The Balaban J connectivity index is 1.73. The molecule has 1 fully saturated rings. The third-order valence-electron chi connectivity index (χ3n) is 3.86. The van der Waals surface area contributed by atoms with Crippen LogP contribution in [-0.2, 0) is 4.79 Å². The summed E-state index contributed by atoms with van der Waals surface area (Å²) >= 11 is 2.92. The lowest BCUT2D eigenvalue weighted by atomic mass is 10.1. The molecule has 2 N–H and O–H groups in total. The number of fused-ring (bicyclic) bond motifs is 1. The van der Waals surface area contributed by atoms with Gasteiger partial charge in [0.05, 0.1) is 9.58 Å². The number of anilines is 1. The predicted octanol–water partition coefficient (Wildman–Crippen LogP) is 2.94. The number of aliphatic carboxylic acids is 1. The molecule has 0 bridgehead atoms. The van der Waals surface area contributed by atoms with E-state index in [4.69, 9.17) is 5.11 Å². The maximum absolute atomic E-state index is 12.2. The molecule has 1 unspecified atom stereocenters. The maximum Gasteiger partial charge on any atom is 0.326 e. The van der Waals surface area contributed by atoms with Crippen molar-refractivity contribution in [3.8, 4) is 0 Å². The Hall–Kier alpha value is -1.67. The van der Waals surface area contributed by atoms with Crippen molar-refractivity contribution in [3.63, 3.8) is 0 Å². The van der Waals surface area contributed by atoms with Crippen molar-refractivity contribution in [1.29, 1.82) is 0 Å². The normalized spacial score (nSPS) is 16.0. The Labute approximate surface area is 142 Å². The van der Waals surface area contributed by atoms with Crippen LogP contribution in [0.15, 0.2) is 6.07 Å². The molecule has 0 aromatic carbocycles. The fourth-order valence-corrected chi connectivity index (χ4v) is 4.82. The fraction of sp³-hybridized carbons (Fsp3) is 0.533. The molecular formula is C15H19N3O3S2. The summed E-state index contributed by atoms with van der Waals surface area (Å²) in [5.74, 6) is -1.32. The average Bonchev–Trinajstić information content (AvgIpc) is 3.21. The fourth-order valence-electron chi connectivity index (χ4n) is 2.65. The summed E-state index contributed by atoms with van der Waals surface area (Å²) in [6.45, 7) is 3.99. The van der Waals surface area contributed by atoms with Crippen LogP contribution in [0.5, 0.6) is 0 Å². The predicted molar refractivity (Wildman–Crippen MR) is 92.7 cm³/mol. The molecule has 0 saturated carbocycles. The first-order valence-electron chi connectivity index (χ1n) is 7.77. The minimum absolute atomic E-state index is 0.330. The van der Waals surface area contributed by atoms with Crippen molar-refractivity contribution in [1.82, 2.24) is 10.3 Å². The largest absolute Gasteiger partial charge is 0.480 e. The molecule has 3 rings (SSSR count). The van der Waals surface area contributed by atoms with Gasteiger partial charge in [0.25, 0.3) is 5.91 Å². The number of hydrogen-bond donors (Lipinski definition) is 2. The summed E-state index contributed by atoms with van der Waals surface area (Å²) in [6, 6.07) is 0.984. The van der Waals surface area contributed by atoms with Gasteiger partial charge >= 0.3 is 5.97 Å². The number of carboxylic acids is 1. The summed E-state index contributed by atoms with van der Waals surface area (Å²) < 4.78 is 0.990. The van der Waals surface area contributed by atoms with Gasteiger partial charge in [0, 0.05) is 13.1 Å². The Kier molecular flexibility index (Phi) is 4.82. The molecule has 1 saturated heterocycles. The summed E-state index contributed by atoms with van der Waals surface area (Å²) in [5.41, 5.74) is 0. The number of rotatable bonds is 6. The third kappa shape index (κ3) is 3.48. The molecule has 2 aromatic rings. The zero-order chi connectivity index (χ0) is 16.4. The second-order valence-electron chi connectivity index (χ2n) is 5.62. The lowest BCUT2D eigenvalue weighted by molar-refractivity contribution is -0.139. The Morgan fingerprint density at radius 1 is 1.39 bits per heavy atom. The van der Waals surface area contributed by atoms with Gasteiger partial charge in [0.1, 0.15) is 10.9 Å². The number of hydrogen-bond acceptors (Lipinski definition) is 6. The molecule has 23 heavy (non-hydrogen) atoms. The zero-order valence-electron chi connectivity index (χ0n) is 12.9. The van der Waals surface area contributed by atoms with Gasteiger partial charge in [-0.05, 0) is 25.3 Å². The number of amides is 1. The standard InChI is InChI=1S/C15H19N3O3S2/c1-2-5-9(14(20)21)16-12(19)10-8-11-13(22-10)17-15(23-11)18-6-3-4-7-18/h8-9H,2-7H2,1H3,(H,16,19)(H,20,21). The van der Waals surface area contributed by atoms with Crippen LogP contribution >= 0.6 is 22.7 Å². The summed E-state index contributed by atoms with van der Waals surface area (Å²) in [4.78, 5) is 31.7. The van der Waals surface area contributed by atoms with Gasteiger partial charge < -0.3 is 15.3 Å². The van der Waals surface area contributed by atoms with Crippen LogP contribution in [0.4, 0.5) is 5.13 Å². The van der Waals surface area contributed by atoms with E-state index in [1.807, 2.05) is 13.0 Å². The van der Waals surface area contributed by atoms with E-state index in [2.05, 4.69) is 15.2 Å². The van der Waals surface area contributed by atoms with Gasteiger partial charge in [-0.15, -0.1) is 11.3 Å². The maximum atomic E-state index is 12.2. The molecule has 124 valence electrons. The highest BCUT2D eigenvalue weighted by atomic mass is 32.1. The minimum Gasteiger partial charge on any atom is -0.480 e. The Bertz CT molecular complexity index is 687. The van der Waals surface area contributed by atoms with E-state index in [1.165, 1.54) is 24.2 Å². The van der Waals surface area contributed by atoms with Crippen molar-refractivity contribution in [2.45, 2.75) is 38.6 Å². The number of carboxylic acid groups (broad SMARTS) is 1. The van der Waals surface area contributed by atoms with Crippen LogP contribution in [0.3, 0.4) is 0 Å². The van der Waals surface area contributed by atoms with Crippen molar-refractivity contribution in [2.24, 2.45) is 0 Å².